The first kappa shape index (κ1) is 21.9. The largest absolute Gasteiger partial charge is 0.375 e. The van der Waals surface area contributed by atoms with E-state index in [4.69, 9.17) is 4.74 Å². The molecule has 0 saturated heterocycles. The Morgan fingerprint density at radius 3 is 1.88 bits per heavy atom. The number of carbonyl (C=O) groups excluding carboxylic acids is 4. The van der Waals surface area contributed by atoms with Gasteiger partial charge in [0.1, 0.15) is 6.61 Å². The summed E-state index contributed by atoms with van der Waals surface area (Å²) in [6, 6.07) is 20.2. The summed E-state index contributed by atoms with van der Waals surface area (Å²) in [6.45, 7) is 0.0893. The monoisotopic (exact) mass is 443 g/mol. The van der Waals surface area contributed by atoms with Gasteiger partial charge in [-0.15, -0.1) is 0 Å². The van der Waals surface area contributed by atoms with E-state index in [9.17, 15) is 19.2 Å². The Morgan fingerprint density at radius 2 is 1.33 bits per heavy atom. The number of imide groups is 1. The van der Waals surface area contributed by atoms with Crippen molar-refractivity contribution in [3.63, 3.8) is 0 Å². The Bertz CT molecular complexity index is 1180. The molecule has 8 nitrogen and oxygen atoms in total. The lowest BCUT2D eigenvalue weighted by Crippen LogP contribution is -2.29. The Morgan fingerprint density at radius 1 is 0.788 bits per heavy atom. The van der Waals surface area contributed by atoms with Gasteiger partial charge in [0.2, 0.25) is 5.91 Å². The van der Waals surface area contributed by atoms with Gasteiger partial charge in [0, 0.05) is 24.0 Å². The molecule has 0 unspecified atom stereocenters. The lowest BCUT2D eigenvalue weighted by Gasteiger charge is -2.14. The molecule has 0 saturated carbocycles. The summed E-state index contributed by atoms with van der Waals surface area (Å²) in [7, 11) is 1.44. The molecule has 3 aromatic carbocycles. The van der Waals surface area contributed by atoms with Crippen LogP contribution in [0.1, 0.15) is 36.6 Å². The average molecular weight is 443 g/mol. The van der Waals surface area contributed by atoms with E-state index in [2.05, 4.69) is 10.6 Å². The first-order chi connectivity index (χ1) is 16.0. The van der Waals surface area contributed by atoms with E-state index in [1.807, 2.05) is 0 Å². The van der Waals surface area contributed by atoms with Gasteiger partial charge in [-0.25, -0.2) is 0 Å². The maximum atomic E-state index is 12.6. The van der Waals surface area contributed by atoms with E-state index in [-0.39, 0.29) is 36.8 Å². The zero-order valence-electron chi connectivity index (χ0n) is 17.8. The van der Waals surface area contributed by atoms with Gasteiger partial charge in [0.15, 0.2) is 0 Å². The summed E-state index contributed by atoms with van der Waals surface area (Å²) >= 11 is 0. The number of amides is 4. The van der Waals surface area contributed by atoms with E-state index in [1.54, 1.807) is 72.8 Å². The van der Waals surface area contributed by atoms with Crippen molar-refractivity contribution in [1.29, 1.82) is 0 Å². The first-order valence-electron chi connectivity index (χ1n) is 10.2. The number of nitrogens with zero attached hydrogens (tertiary/aromatic N) is 1. The molecule has 4 amide bonds. The smallest absolute Gasteiger partial charge is 0.261 e. The van der Waals surface area contributed by atoms with Crippen LogP contribution in [0.5, 0.6) is 0 Å². The van der Waals surface area contributed by atoms with E-state index < -0.39 is 0 Å². The SMILES string of the molecule is COCC(=O)Nc1ccc(NC(=O)c2ccc(CN3C(=O)c4ccccc4C3=O)cc2)cc1. The Balaban J connectivity index is 1.36. The first-order valence-corrected chi connectivity index (χ1v) is 10.2. The highest BCUT2D eigenvalue weighted by atomic mass is 16.5. The fourth-order valence-corrected chi connectivity index (χ4v) is 3.50. The third kappa shape index (κ3) is 4.81. The Labute approximate surface area is 190 Å². The second kappa shape index (κ2) is 9.46. The molecule has 1 aliphatic rings. The summed E-state index contributed by atoms with van der Waals surface area (Å²) in [6.07, 6.45) is 0. The predicted octanol–water partition coefficient (Wildman–Crippen LogP) is 3.32. The van der Waals surface area contributed by atoms with Crippen LogP contribution in [0, 0.1) is 0 Å². The fraction of sp³-hybridized carbons (Fsp3) is 0.120. The molecule has 0 radical (unpaired) electrons. The van der Waals surface area contributed by atoms with Crippen LogP contribution in [0.2, 0.25) is 0 Å². The summed E-state index contributed by atoms with van der Waals surface area (Å²) < 4.78 is 4.77. The maximum absolute atomic E-state index is 12.6. The molecule has 2 N–H and O–H groups in total. The van der Waals surface area contributed by atoms with E-state index in [0.29, 0.717) is 28.1 Å². The van der Waals surface area contributed by atoms with E-state index in [1.165, 1.54) is 12.0 Å². The molecule has 33 heavy (non-hydrogen) atoms. The van der Waals surface area contributed by atoms with Gasteiger partial charge in [0.05, 0.1) is 17.7 Å². The van der Waals surface area contributed by atoms with E-state index in [0.717, 1.165) is 5.56 Å². The number of anilines is 2. The van der Waals surface area contributed by atoms with Gasteiger partial charge in [-0.2, -0.15) is 0 Å². The third-order valence-corrected chi connectivity index (χ3v) is 5.14. The maximum Gasteiger partial charge on any atom is 0.261 e. The van der Waals surface area contributed by atoms with Gasteiger partial charge in [0.25, 0.3) is 17.7 Å². The number of hydrogen-bond donors (Lipinski definition) is 2. The van der Waals surface area contributed by atoms with Gasteiger partial charge in [-0.3, -0.25) is 24.1 Å². The zero-order chi connectivity index (χ0) is 23.4. The van der Waals surface area contributed by atoms with Crippen LogP contribution >= 0.6 is 0 Å². The molecule has 4 rings (SSSR count). The van der Waals surface area contributed by atoms with Gasteiger partial charge < -0.3 is 15.4 Å². The van der Waals surface area contributed by atoms with Crippen molar-refractivity contribution in [1.82, 2.24) is 4.90 Å². The number of nitrogens with one attached hydrogen (secondary N) is 2. The topological polar surface area (TPSA) is 105 Å². The number of benzene rings is 3. The van der Waals surface area contributed by atoms with E-state index >= 15 is 0 Å². The number of ether oxygens (including phenoxy) is 1. The number of rotatable bonds is 7. The van der Waals surface area contributed by atoms with Crippen LogP contribution in [0.4, 0.5) is 11.4 Å². The highest BCUT2D eigenvalue weighted by Gasteiger charge is 2.34. The third-order valence-electron chi connectivity index (χ3n) is 5.14. The number of carbonyl (C=O) groups is 4. The zero-order valence-corrected chi connectivity index (χ0v) is 17.8. The van der Waals surface area contributed by atoms with Crippen LogP contribution in [0.15, 0.2) is 72.8 Å². The van der Waals surface area contributed by atoms with Crippen molar-refractivity contribution < 1.29 is 23.9 Å². The molecule has 0 atom stereocenters. The average Bonchev–Trinajstić information content (AvgIpc) is 3.06. The van der Waals surface area contributed by atoms with Crippen molar-refractivity contribution in [2.45, 2.75) is 6.54 Å². The van der Waals surface area contributed by atoms with Gasteiger partial charge in [-0.05, 0) is 54.1 Å². The molecule has 0 bridgehead atoms. The standard InChI is InChI=1S/C25H21N3O5/c1-33-15-22(29)26-18-10-12-19(13-11-18)27-23(30)17-8-6-16(7-9-17)14-28-24(31)20-4-2-3-5-21(20)25(28)32/h2-13H,14-15H2,1H3,(H,26,29)(H,27,30). The lowest BCUT2D eigenvalue weighted by atomic mass is 10.1. The molecular formula is C25H21N3O5. The summed E-state index contributed by atoms with van der Waals surface area (Å²) in [5.41, 5.74) is 3.13. The van der Waals surface area contributed by atoms with Crippen molar-refractivity contribution in [3.8, 4) is 0 Å². The molecule has 1 aliphatic heterocycles. The second-order valence-electron chi connectivity index (χ2n) is 7.45. The molecule has 0 fully saturated rings. The molecule has 3 aromatic rings. The van der Waals surface area contributed by atoms with Crippen LogP contribution in [0.3, 0.4) is 0 Å². The number of hydrogen-bond acceptors (Lipinski definition) is 5. The normalized spacial score (nSPS) is 12.5. The summed E-state index contributed by atoms with van der Waals surface area (Å²) in [5.74, 6) is -1.22. The van der Waals surface area contributed by atoms with Crippen molar-refractivity contribution in [2.24, 2.45) is 0 Å². The van der Waals surface area contributed by atoms with Gasteiger partial charge in [-0.1, -0.05) is 24.3 Å². The quantitative estimate of drug-likeness (QED) is 0.545. The second-order valence-corrected chi connectivity index (χ2v) is 7.45. The Kier molecular flexibility index (Phi) is 6.28. The minimum absolute atomic E-state index is 0.0402. The number of methoxy groups -OCH3 is 1. The molecule has 166 valence electrons. The molecule has 1 heterocycles. The van der Waals surface area contributed by atoms with Crippen LogP contribution in [-0.2, 0) is 16.1 Å². The van der Waals surface area contributed by atoms with Crippen LogP contribution in [0.25, 0.3) is 0 Å². The van der Waals surface area contributed by atoms with Crippen LogP contribution in [-0.4, -0.2) is 42.2 Å². The summed E-state index contributed by atoms with van der Waals surface area (Å²) in [4.78, 5) is 50.3. The fourth-order valence-electron chi connectivity index (χ4n) is 3.50. The van der Waals surface area contributed by atoms with Crippen molar-refractivity contribution in [2.75, 3.05) is 24.4 Å². The van der Waals surface area contributed by atoms with Crippen molar-refractivity contribution >= 4 is 35.0 Å². The molecule has 8 heteroatoms. The predicted molar refractivity (Wildman–Crippen MR) is 122 cm³/mol. The van der Waals surface area contributed by atoms with Gasteiger partial charge >= 0.3 is 0 Å². The molecular weight excluding hydrogens is 422 g/mol. The minimum Gasteiger partial charge on any atom is -0.375 e. The summed E-state index contributed by atoms with van der Waals surface area (Å²) in [5, 5.41) is 5.46. The molecule has 0 spiro atoms. The highest BCUT2D eigenvalue weighted by Crippen LogP contribution is 2.24. The molecule has 0 aliphatic carbocycles. The minimum atomic E-state index is -0.320. The highest BCUT2D eigenvalue weighted by molar-refractivity contribution is 6.21. The lowest BCUT2D eigenvalue weighted by molar-refractivity contribution is -0.119. The van der Waals surface area contributed by atoms with Crippen molar-refractivity contribution in [3.05, 3.63) is 95.1 Å². The number of fused-ring (bicyclic) bond motifs is 1. The molecule has 0 aromatic heterocycles. The van der Waals surface area contributed by atoms with Crippen LogP contribution < -0.4 is 10.6 Å². The Hall–Kier alpha value is -4.30.